The Bertz CT molecular complexity index is 958. The van der Waals surface area contributed by atoms with Gasteiger partial charge in [0, 0.05) is 33.8 Å². The van der Waals surface area contributed by atoms with Crippen LogP contribution < -0.4 is 10.6 Å². The summed E-state index contributed by atoms with van der Waals surface area (Å²) in [5, 5.41) is 7.11. The van der Waals surface area contributed by atoms with Crippen LogP contribution in [-0.2, 0) is 0 Å². The molecular formula is C19H16Cl2N4O. The molecule has 0 unspecified atom stereocenters. The average Bonchev–Trinajstić information content (AvgIpc) is 2.63. The minimum Gasteiger partial charge on any atom is -0.324 e. The van der Waals surface area contributed by atoms with E-state index >= 15 is 0 Å². The third-order valence-corrected chi connectivity index (χ3v) is 4.67. The summed E-state index contributed by atoms with van der Waals surface area (Å²) in [6.45, 7) is 3.80. The van der Waals surface area contributed by atoms with Crippen molar-refractivity contribution in [2.45, 2.75) is 13.8 Å². The number of hydrogen-bond acceptors (Lipinski definition) is 4. The van der Waals surface area contributed by atoms with Crippen LogP contribution in [0.1, 0.15) is 21.5 Å². The largest absolute Gasteiger partial charge is 0.324 e. The van der Waals surface area contributed by atoms with Gasteiger partial charge in [0.2, 0.25) is 5.95 Å². The van der Waals surface area contributed by atoms with E-state index in [0.29, 0.717) is 27.2 Å². The highest BCUT2D eigenvalue weighted by Gasteiger charge is 2.10. The number of carbonyl (C=O) groups is 1. The van der Waals surface area contributed by atoms with Gasteiger partial charge < -0.3 is 10.6 Å². The van der Waals surface area contributed by atoms with Crippen molar-refractivity contribution in [3.05, 3.63) is 75.5 Å². The molecule has 132 valence electrons. The summed E-state index contributed by atoms with van der Waals surface area (Å²) in [5.41, 5.74) is 3.61. The lowest BCUT2D eigenvalue weighted by Crippen LogP contribution is -2.13. The molecule has 2 N–H and O–H groups in total. The number of amides is 1. The maximum Gasteiger partial charge on any atom is 0.258 e. The molecule has 3 aromatic rings. The topological polar surface area (TPSA) is 66.9 Å². The summed E-state index contributed by atoms with van der Waals surface area (Å²) in [4.78, 5) is 20.7. The third-order valence-electron chi connectivity index (χ3n) is 3.86. The lowest BCUT2D eigenvalue weighted by molar-refractivity contribution is 0.102. The lowest BCUT2D eigenvalue weighted by Gasteiger charge is -2.10. The molecule has 0 saturated carbocycles. The number of benzene rings is 2. The van der Waals surface area contributed by atoms with Crippen LogP contribution in [0.2, 0.25) is 10.0 Å². The summed E-state index contributed by atoms with van der Waals surface area (Å²) in [5.74, 6) is 0.0701. The van der Waals surface area contributed by atoms with Crippen molar-refractivity contribution < 1.29 is 4.79 Å². The minimum atomic E-state index is -0.310. The van der Waals surface area contributed by atoms with Gasteiger partial charge in [-0.3, -0.25) is 4.79 Å². The van der Waals surface area contributed by atoms with Crippen molar-refractivity contribution in [1.29, 1.82) is 0 Å². The molecule has 0 aliphatic rings. The summed E-state index contributed by atoms with van der Waals surface area (Å²) < 4.78 is 0. The van der Waals surface area contributed by atoms with Crippen molar-refractivity contribution in [2.24, 2.45) is 0 Å². The number of anilines is 3. The predicted octanol–water partition coefficient (Wildman–Crippen LogP) is 5.40. The van der Waals surface area contributed by atoms with Gasteiger partial charge in [-0.25, -0.2) is 9.97 Å². The second-order valence-corrected chi connectivity index (χ2v) is 6.57. The van der Waals surface area contributed by atoms with E-state index in [9.17, 15) is 4.79 Å². The maximum absolute atomic E-state index is 12.3. The molecule has 26 heavy (non-hydrogen) atoms. The highest BCUT2D eigenvalue weighted by molar-refractivity contribution is 6.32. The number of aryl methyl sites for hydroxylation is 1. The Hall–Kier alpha value is -2.63. The van der Waals surface area contributed by atoms with Crippen LogP contribution >= 0.6 is 23.2 Å². The number of halogens is 2. The molecule has 0 saturated heterocycles. The molecule has 1 heterocycles. The Morgan fingerprint density at radius 2 is 1.73 bits per heavy atom. The van der Waals surface area contributed by atoms with Gasteiger partial charge >= 0.3 is 0 Å². The highest BCUT2D eigenvalue weighted by Crippen LogP contribution is 2.25. The number of nitrogens with zero attached hydrogens (tertiary/aromatic N) is 2. The van der Waals surface area contributed by atoms with E-state index in [2.05, 4.69) is 20.6 Å². The fraction of sp³-hybridized carbons (Fsp3) is 0.105. The molecule has 2 aromatic carbocycles. The van der Waals surface area contributed by atoms with Gasteiger partial charge in [-0.15, -0.1) is 0 Å². The van der Waals surface area contributed by atoms with Crippen LogP contribution in [0.4, 0.5) is 17.3 Å². The van der Waals surface area contributed by atoms with Gasteiger partial charge in [0.1, 0.15) is 0 Å². The molecule has 3 rings (SSSR count). The van der Waals surface area contributed by atoms with Gasteiger partial charge in [0.25, 0.3) is 5.91 Å². The monoisotopic (exact) mass is 386 g/mol. The van der Waals surface area contributed by atoms with Crippen molar-refractivity contribution in [3.63, 3.8) is 0 Å². The van der Waals surface area contributed by atoms with Crippen LogP contribution in [0.3, 0.4) is 0 Å². The number of aromatic nitrogens is 2. The lowest BCUT2D eigenvalue weighted by atomic mass is 10.2. The zero-order chi connectivity index (χ0) is 18.7. The quantitative estimate of drug-likeness (QED) is 0.629. The molecule has 1 aromatic heterocycles. The van der Waals surface area contributed by atoms with Crippen LogP contribution in [0, 0.1) is 13.8 Å². The number of nitrogens with one attached hydrogen (secondary N) is 2. The van der Waals surface area contributed by atoms with Crippen molar-refractivity contribution >= 4 is 46.4 Å². The van der Waals surface area contributed by atoms with E-state index in [4.69, 9.17) is 23.2 Å². The van der Waals surface area contributed by atoms with Gasteiger partial charge in [0.15, 0.2) is 0 Å². The first-order valence-electron chi connectivity index (χ1n) is 7.86. The fourth-order valence-electron chi connectivity index (χ4n) is 2.25. The van der Waals surface area contributed by atoms with Crippen LogP contribution in [-0.4, -0.2) is 15.9 Å². The van der Waals surface area contributed by atoms with Crippen molar-refractivity contribution in [1.82, 2.24) is 9.97 Å². The summed E-state index contributed by atoms with van der Waals surface area (Å²) in [6, 6.07) is 10.9. The first-order chi connectivity index (χ1) is 12.4. The fourth-order valence-corrected chi connectivity index (χ4v) is 2.60. The Balaban J connectivity index is 1.71. The molecule has 0 bridgehead atoms. The predicted molar refractivity (Wildman–Crippen MR) is 106 cm³/mol. The zero-order valence-corrected chi connectivity index (χ0v) is 15.7. The summed E-state index contributed by atoms with van der Waals surface area (Å²) in [6.07, 6.45) is 2.92. The molecule has 0 radical (unpaired) electrons. The maximum atomic E-state index is 12.3. The SMILES string of the molecule is Cc1ccc(NC(=O)c2cnc(Nc3cccc(Cl)c3C)nc2)cc1Cl. The Morgan fingerprint density at radius 3 is 2.42 bits per heavy atom. The first-order valence-corrected chi connectivity index (χ1v) is 8.61. The van der Waals surface area contributed by atoms with Crippen molar-refractivity contribution in [3.8, 4) is 0 Å². The molecule has 0 atom stereocenters. The van der Waals surface area contributed by atoms with Gasteiger partial charge in [0.05, 0.1) is 5.56 Å². The van der Waals surface area contributed by atoms with E-state index in [-0.39, 0.29) is 5.91 Å². The van der Waals surface area contributed by atoms with Gasteiger partial charge in [-0.2, -0.15) is 0 Å². The molecule has 0 fully saturated rings. The average molecular weight is 387 g/mol. The normalized spacial score (nSPS) is 10.5. The zero-order valence-electron chi connectivity index (χ0n) is 14.2. The van der Waals surface area contributed by atoms with E-state index in [1.165, 1.54) is 12.4 Å². The molecule has 1 amide bonds. The first kappa shape index (κ1) is 18.2. The van der Waals surface area contributed by atoms with E-state index in [1.54, 1.807) is 12.1 Å². The molecule has 0 spiro atoms. The molecular weight excluding hydrogens is 371 g/mol. The molecule has 0 aliphatic carbocycles. The third kappa shape index (κ3) is 4.12. The van der Waals surface area contributed by atoms with Gasteiger partial charge in [-0.1, -0.05) is 35.3 Å². The van der Waals surface area contributed by atoms with Gasteiger partial charge in [-0.05, 0) is 49.2 Å². The number of rotatable bonds is 4. The van der Waals surface area contributed by atoms with Crippen LogP contribution in [0.5, 0.6) is 0 Å². The summed E-state index contributed by atoms with van der Waals surface area (Å²) in [7, 11) is 0. The van der Waals surface area contributed by atoms with Crippen molar-refractivity contribution in [2.75, 3.05) is 10.6 Å². The smallest absolute Gasteiger partial charge is 0.258 e. The summed E-state index contributed by atoms with van der Waals surface area (Å²) >= 11 is 12.2. The highest BCUT2D eigenvalue weighted by atomic mass is 35.5. The number of carbonyl (C=O) groups excluding carboxylic acids is 1. The standard InChI is InChI=1S/C19H16Cl2N4O/c1-11-6-7-14(8-16(11)21)24-18(26)13-9-22-19(23-10-13)25-17-5-3-4-15(20)12(17)2/h3-10H,1-2H3,(H,24,26)(H,22,23,25). The minimum absolute atomic E-state index is 0.310. The molecule has 7 heteroatoms. The van der Waals surface area contributed by atoms with E-state index < -0.39 is 0 Å². The van der Waals surface area contributed by atoms with Crippen LogP contribution in [0.25, 0.3) is 0 Å². The number of hydrogen-bond donors (Lipinski definition) is 2. The van der Waals surface area contributed by atoms with E-state index in [1.807, 2.05) is 38.1 Å². The molecule has 5 nitrogen and oxygen atoms in total. The second kappa shape index (κ2) is 7.72. The Morgan fingerprint density at radius 1 is 1.00 bits per heavy atom. The molecule has 0 aliphatic heterocycles. The second-order valence-electron chi connectivity index (χ2n) is 5.75. The van der Waals surface area contributed by atoms with E-state index in [0.717, 1.165) is 16.8 Å². The Labute approximate surface area is 161 Å². The van der Waals surface area contributed by atoms with Crippen LogP contribution in [0.15, 0.2) is 48.8 Å². The Kier molecular flexibility index (Phi) is 5.40.